The molecular weight excluding hydrogens is 470 g/mol. The number of rotatable bonds is 1. The predicted molar refractivity (Wildman–Crippen MR) is 123 cm³/mol. The monoisotopic (exact) mass is 496 g/mol. The van der Waals surface area contributed by atoms with Crippen molar-refractivity contribution in [3.63, 3.8) is 0 Å². The van der Waals surface area contributed by atoms with E-state index in [9.17, 15) is 8.78 Å². The van der Waals surface area contributed by atoms with E-state index in [0.717, 1.165) is 10.8 Å². The molecule has 0 aromatic heterocycles. The van der Waals surface area contributed by atoms with Gasteiger partial charge in [0.25, 0.3) is 0 Å². The Morgan fingerprint density at radius 2 is 1.50 bits per heavy atom. The van der Waals surface area contributed by atoms with E-state index < -0.39 is 11.6 Å². The second-order valence-corrected chi connectivity index (χ2v) is 6.73. The van der Waals surface area contributed by atoms with Gasteiger partial charge in [-0.2, -0.15) is 11.1 Å². The van der Waals surface area contributed by atoms with Crippen LogP contribution in [0.15, 0.2) is 71.3 Å². The van der Waals surface area contributed by atoms with Gasteiger partial charge in [-0.3, -0.25) is 6.08 Å². The van der Waals surface area contributed by atoms with Gasteiger partial charge in [-0.05, 0) is 12.1 Å². The fourth-order valence-corrected chi connectivity index (χ4v) is 3.29. The third kappa shape index (κ3) is 6.25. The molecule has 3 aromatic rings. The van der Waals surface area contributed by atoms with Gasteiger partial charge in [0.2, 0.25) is 0 Å². The Kier molecular flexibility index (Phi) is 12.4. The Hall–Kier alpha value is -1.51. The van der Waals surface area contributed by atoms with Crippen LogP contribution in [0, 0.1) is 38.5 Å². The molecule has 1 unspecified atom stereocenters. The summed E-state index contributed by atoms with van der Waals surface area (Å²) in [6.45, 7) is 11.7. The van der Waals surface area contributed by atoms with Crippen molar-refractivity contribution in [3.8, 4) is 11.1 Å². The summed E-state index contributed by atoms with van der Waals surface area (Å²) in [4.78, 5) is 0. The Morgan fingerprint density at radius 1 is 0.933 bits per heavy atom. The van der Waals surface area contributed by atoms with Crippen molar-refractivity contribution < 1.29 is 32.1 Å². The number of hydrogen-bond acceptors (Lipinski definition) is 0. The molecule has 0 saturated carbocycles. The molecule has 0 saturated heterocycles. The van der Waals surface area contributed by atoms with Gasteiger partial charge < -0.3 is 14.9 Å². The van der Waals surface area contributed by atoms with E-state index in [-0.39, 0.29) is 20.4 Å². The zero-order chi connectivity index (χ0) is 20.8. The minimum atomic E-state index is -0.527. The molecule has 0 fully saturated rings. The zero-order valence-corrected chi connectivity index (χ0v) is 22.0. The van der Waals surface area contributed by atoms with Gasteiger partial charge in [-0.25, -0.2) is 14.4 Å². The van der Waals surface area contributed by atoms with E-state index in [4.69, 9.17) is 0 Å². The van der Waals surface area contributed by atoms with E-state index >= 15 is 0 Å². The summed E-state index contributed by atoms with van der Waals surface area (Å²) in [6.07, 6.45) is 3.36. The Morgan fingerprint density at radius 3 is 1.97 bits per heavy atom. The third-order valence-corrected chi connectivity index (χ3v) is 5.15. The fraction of sp³-hybridized carbons (Fsp3) is 0.192. The van der Waals surface area contributed by atoms with Crippen LogP contribution in [-0.2, 0) is 23.3 Å². The molecule has 4 heteroatoms. The summed E-state index contributed by atoms with van der Waals surface area (Å²) < 4.78 is 27.4. The minimum absolute atomic E-state index is 0. The summed E-state index contributed by atoms with van der Waals surface area (Å²) in [7, 11) is 0. The topological polar surface area (TPSA) is 0 Å². The van der Waals surface area contributed by atoms with Crippen LogP contribution in [0.3, 0.4) is 0 Å². The maximum absolute atomic E-state index is 13.7. The van der Waals surface area contributed by atoms with Crippen molar-refractivity contribution in [3.05, 3.63) is 104 Å². The molecule has 0 heterocycles. The Bertz CT molecular complexity index is 1010. The molecule has 3 aromatic carbocycles. The van der Waals surface area contributed by atoms with Crippen molar-refractivity contribution in [2.24, 2.45) is 5.92 Å². The van der Waals surface area contributed by atoms with Gasteiger partial charge in [-0.15, -0.1) is 53.6 Å². The summed E-state index contributed by atoms with van der Waals surface area (Å²) in [5.41, 5.74) is 4.90. The van der Waals surface area contributed by atoms with Crippen molar-refractivity contribution >= 4 is 17.7 Å². The first kappa shape index (κ1) is 28.5. The first-order valence-electron chi connectivity index (χ1n) is 9.01. The van der Waals surface area contributed by atoms with Crippen LogP contribution in [0.2, 0.25) is 0 Å². The van der Waals surface area contributed by atoms with Gasteiger partial charge in [0.05, 0.1) is 0 Å². The van der Waals surface area contributed by atoms with Crippen molar-refractivity contribution in [2.45, 2.75) is 27.7 Å². The number of hydrogen-bond donors (Lipinski definition) is 0. The van der Waals surface area contributed by atoms with Crippen LogP contribution in [-0.4, -0.2) is 6.88 Å². The number of fused-ring (bicyclic) bond motifs is 1. The SMILES string of the molecule is CC1=[C-]C(C)C(C)=C1C.Fc1cccc(F)c1-c1c[cH-]c2ccccc12.[CH3-].[CH3-].[Si]=[Zr]. The van der Waals surface area contributed by atoms with Gasteiger partial charge in [0.15, 0.2) is 0 Å². The summed E-state index contributed by atoms with van der Waals surface area (Å²) in [6, 6.07) is 15.1. The second-order valence-electron chi connectivity index (χ2n) is 6.73. The first-order chi connectivity index (χ1) is 13.4. The van der Waals surface area contributed by atoms with Crippen LogP contribution in [0.1, 0.15) is 27.7 Å². The summed E-state index contributed by atoms with van der Waals surface area (Å²) in [5.74, 6) is -0.493. The second kappa shape index (κ2) is 13.0. The predicted octanol–water partition coefficient (Wildman–Crippen LogP) is 7.74. The molecule has 0 N–H and O–H groups in total. The third-order valence-electron chi connectivity index (χ3n) is 5.15. The van der Waals surface area contributed by atoms with Crippen LogP contribution >= 0.6 is 0 Å². The molecule has 0 aliphatic heterocycles. The van der Waals surface area contributed by atoms with Crippen LogP contribution in [0.25, 0.3) is 21.9 Å². The quantitative estimate of drug-likeness (QED) is 0.238. The number of allylic oxidation sites excluding steroid dienone is 4. The maximum atomic E-state index is 13.7. The van der Waals surface area contributed by atoms with Gasteiger partial charge in [0.1, 0.15) is 11.6 Å². The Balaban J connectivity index is 0.000000558. The molecule has 4 rings (SSSR count). The molecule has 2 radical (unpaired) electrons. The number of benzene rings is 2. The summed E-state index contributed by atoms with van der Waals surface area (Å²) >= 11 is 1.36. The molecule has 0 amide bonds. The van der Waals surface area contributed by atoms with E-state index in [1.54, 1.807) is 6.07 Å². The first-order valence-corrected chi connectivity index (χ1v) is 13.2. The standard InChI is InChI=1S/C15H9F2.C9H13.2CH3.Si.Zr/c16-13-6-3-7-14(17)15(13)12-9-8-10-4-1-2-5-11(10)12;1-6-5-7(2)9(4)8(6)3;;;;/h1-9H;6H,1-4H3;2*1H3;;/q4*-1;;. The molecule has 0 nitrogen and oxygen atoms in total. The van der Waals surface area contributed by atoms with E-state index in [1.807, 2.05) is 30.3 Å². The van der Waals surface area contributed by atoms with E-state index in [2.05, 4.69) is 40.7 Å². The molecule has 1 atom stereocenters. The number of halogens is 2. The average molecular weight is 498 g/mol. The summed E-state index contributed by atoms with van der Waals surface area (Å²) in [5, 5.41) is 1.86. The molecule has 0 spiro atoms. The molecule has 0 bridgehead atoms. The van der Waals surface area contributed by atoms with Crippen molar-refractivity contribution in [1.29, 1.82) is 0 Å². The zero-order valence-electron chi connectivity index (χ0n) is 18.5. The van der Waals surface area contributed by atoms with Gasteiger partial charge in [0, 0.05) is 5.56 Å². The van der Waals surface area contributed by atoms with Crippen LogP contribution in [0.4, 0.5) is 8.78 Å². The van der Waals surface area contributed by atoms with Crippen molar-refractivity contribution in [2.75, 3.05) is 0 Å². The fourth-order valence-electron chi connectivity index (χ4n) is 3.29. The van der Waals surface area contributed by atoms with Crippen LogP contribution in [0.5, 0.6) is 0 Å². The van der Waals surface area contributed by atoms with E-state index in [1.165, 1.54) is 58.3 Å². The molecule has 158 valence electrons. The van der Waals surface area contributed by atoms with Crippen molar-refractivity contribution in [1.82, 2.24) is 0 Å². The van der Waals surface area contributed by atoms with Crippen LogP contribution < -0.4 is 0 Å². The normalized spacial score (nSPS) is 14.4. The molecule has 30 heavy (non-hydrogen) atoms. The average Bonchev–Trinajstić information content (AvgIpc) is 3.21. The van der Waals surface area contributed by atoms with E-state index in [0.29, 0.717) is 11.5 Å². The molecular formula is C26H28F2SiZr-4. The van der Waals surface area contributed by atoms with Gasteiger partial charge in [-0.1, -0.05) is 38.8 Å². The van der Waals surface area contributed by atoms with Gasteiger partial charge >= 0.3 is 30.2 Å². The molecule has 1 aliphatic carbocycles. The Labute approximate surface area is 197 Å². The molecule has 1 aliphatic rings.